The number of nitrogens with one attached hydrogen (secondary N) is 2. The van der Waals surface area contributed by atoms with Crippen LogP contribution in [0.15, 0.2) is 0 Å². The van der Waals surface area contributed by atoms with Crippen molar-refractivity contribution in [1.29, 1.82) is 0 Å². The number of amides is 1. The molecule has 1 aliphatic rings. The molecule has 18 heavy (non-hydrogen) atoms. The fourth-order valence-corrected chi connectivity index (χ4v) is 2.43. The second-order valence-corrected chi connectivity index (χ2v) is 6.82. The van der Waals surface area contributed by atoms with Gasteiger partial charge in [0.25, 0.3) is 0 Å². The fraction of sp³-hybridized carbons (Fsp3) is 0.929. The van der Waals surface area contributed by atoms with Crippen LogP contribution < -0.4 is 10.6 Å². The van der Waals surface area contributed by atoms with Crippen LogP contribution in [0.3, 0.4) is 0 Å². The van der Waals surface area contributed by atoms with Gasteiger partial charge in [0.05, 0.1) is 0 Å². The molecule has 106 valence electrons. The van der Waals surface area contributed by atoms with Gasteiger partial charge < -0.3 is 15.4 Å². The molecule has 0 heterocycles. The van der Waals surface area contributed by atoms with Crippen LogP contribution in [-0.4, -0.2) is 30.8 Å². The predicted molar refractivity (Wildman–Crippen MR) is 73.7 cm³/mol. The molecule has 0 spiro atoms. The van der Waals surface area contributed by atoms with Gasteiger partial charge in [-0.05, 0) is 39.0 Å². The van der Waals surface area contributed by atoms with Gasteiger partial charge in [-0.1, -0.05) is 20.3 Å². The molecule has 0 aromatic heterocycles. The monoisotopic (exact) mass is 256 g/mol. The van der Waals surface area contributed by atoms with E-state index in [-0.39, 0.29) is 6.09 Å². The van der Waals surface area contributed by atoms with Crippen LogP contribution in [0.1, 0.15) is 53.9 Å². The second-order valence-electron chi connectivity index (χ2n) is 6.82. The Bertz CT molecular complexity index is 282. The summed E-state index contributed by atoms with van der Waals surface area (Å²) in [6.45, 7) is 11.6. The molecule has 4 heteroatoms. The molecule has 1 amide bonds. The van der Waals surface area contributed by atoms with Crippen molar-refractivity contribution in [3.63, 3.8) is 0 Å². The molecule has 0 aromatic rings. The van der Waals surface area contributed by atoms with Gasteiger partial charge in [0.2, 0.25) is 0 Å². The molecular formula is C14H28N2O2. The Kier molecular flexibility index (Phi) is 5.02. The molecule has 1 fully saturated rings. The molecule has 1 atom stereocenters. The van der Waals surface area contributed by atoms with Crippen LogP contribution in [0.4, 0.5) is 4.79 Å². The van der Waals surface area contributed by atoms with Crippen LogP contribution in [0.5, 0.6) is 0 Å². The summed E-state index contributed by atoms with van der Waals surface area (Å²) in [5, 5.41) is 6.29. The Morgan fingerprint density at radius 3 is 2.50 bits per heavy atom. The predicted octanol–water partition coefficient (Wildman–Crippen LogP) is 2.68. The topological polar surface area (TPSA) is 50.4 Å². The van der Waals surface area contributed by atoms with Gasteiger partial charge in [-0.15, -0.1) is 0 Å². The Morgan fingerprint density at radius 1 is 1.33 bits per heavy atom. The largest absolute Gasteiger partial charge is 0.444 e. The summed E-state index contributed by atoms with van der Waals surface area (Å²) in [4.78, 5) is 11.4. The number of ether oxygens (including phenoxy) is 1. The maximum Gasteiger partial charge on any atom is 0.407 e. The first-order valence-electron chi connectivity index (χ1n) is 6.91. The lowest BCUT2D eigenvalue weighted by Crippen LogP contribution is -2.42. The van der Waals surface area contributed by atoms with Gasteiger partial charge in [-0.25, -0.2) is 4.79 Å². The highest BCUT2D eigenvalue weighted by Gasteiger charge is 2.33. The number of carbonyl (C=O) groups excluding carboxylic acids is 1. The average Bonchev–Trinajstić information content (AvgIpc) is 2.50. The standard InChI is InChI=1S/C14H28N2O2/c1-13(2,3)18-12(17)16-10-9-15-11-7-6-8-14(11,4)5/h11,15H,6-10H2,1-5H3,(H,16,17). The molecule has 1 saturated carbocycles. The Balaban J connectivity index is 2.14. The van der Waals surface area contributed by atoms with Crippen LogP contribution in [0.2, 0.25) is 0 Å². The normalized spacial score (nSPS) is 22.8. The summed E-state index contributed by atoms with van der Waals surface area (Å²) < 4.78 is 5.17. The molecule has 1 rings (SSSR count). The highest BCUT2D eigenvalue weighted by Crippen LogP contribution is 2.36. The lowest BCUT2D eigenvalue weighted by Gasteiger charge is -2.28. The number of alkyl carbamates (subject to hydrolysis) is 1. The minimum atomic E-state index is -0.426. The summed E-state index contributed by atoms with van der Waals surface area (Å²) in [7, 11) is 0. The van der Waals surface area contributed by atoms with Gasteiger partial charge in [0.1, 0.15) is 5.60 Å². The van der Waals surface area contributed by atoms with Crippen LogP contribution in [-0.2, 0) is 4.74 Å². The molecule has 0 aromatic carbocycles. The zero-order valence-electron chi connectivity index (χ0n) is 12.4. The Morgan fingerprint density at radius 2 is 2.00 bits per heavy atom. The summed E-state index contributed by atoms with van der Waals surface area (Å²) >= 11 is 0. The van der Waals surface area contributed by atoms with Gasteiger partial charge in [-0.2, -0.15) is 0 Å². The van der Waals surface area contributed by atoms with Crippen molar-refractivity contribution in [1.82, 2.24) is 10.6 Å². The first-order valence-corrected chi connectivity index (χ1v) is 6.91. The number of hydrogen-bond donors (Lipinski definition) is 2. The molecule has 0 radical (unpaired) electrons. The van der Waals surface area contributed by atoms with Crippen molar-refractivity contribution in [2.24, 2.45) is 5.41 Å². The molecule has 0 bridgehead atoms. The van der Waals surface area contributed by atoms with E-state index in [9.17, 15) is 4.79 Å². The van der Waals surface area contributed by atoms with Gasteiger partial charge in [0, 0.05) is 19.1 Å². The number of rotatable bonds is 4. The number of carbonyl (C=O) groups is 1. The Hall–Kier alpha value is -0.770. The number of hydrogen-bond acceptors (Lipinski definition) is 3. The van der Waals surface area contributed by atoms with Gasteiger partial charge >= 0.3 is 6.09 Å². The SMILES string of the molecule is CC(C)(C)OC(=O)NCCNC1CCCC1(C)C. The maximum absolute atomic E-state index is 11.4. The smallest absolute Gasteiger partial charge is 0.407 e. The summed E-state index contributed by atoms with van der Waals surface area (Å²) in [6, 6.07) is 0.568. The van der Waals surface area contributed by atoms with Crippen molar-refractivity contribution in [3.05, 3.63) is 0 Å². The third-order valence-corrected chi connectivity index (χ3v) is 3.44. The molecule has 4 nitrogen and oxygen atoms in total. The van der Waals surface area contributed by atoms with E-state index in [1.807, 2.05) is 20.8 Å². The maximum atomic E-state index is 11.4. The van der Waals surface area contributed by atoms with E-state index in [0.29, 0.717) is 18.0 Å². The average molecular weight is 256 g/mol. The van der Waals surface area contributed by atoms with Crippen molar-refractivity contribution < 1.29 is 9.53 Å². The van der Waals surface area contributed by atoms with E-state index in [2.05, 4.69) is 24.5 Å². The van der Waals surface area contributed by atoms with E-state index < -0.39 is 5.60 Å². The van der Waals surface area contributed by atoms with Crippen LogP contribution in [0, 0.1) is 5.41 Å². The lowest BCUT2D eigenvalue weighted by atomic mass is 9.87. The quantitative estimate of drug-likeness (QED) is 0.760. The van der Waals surface area contributed by atoms with Crippen molar-refractivity contribution in [2.45, 2.75) is 65.5 Å². The molecule has 1 unspecified atom stereocenters. The summed E-state index contributed by atoms with van der Waals surface area (Å²) in [5.41, 5.74) is -0.0448. The van der Waals surface area contributed by atoms with Crippen LogP contribution >= 0.6 is 0 Å². The van der Waals surface area contributed by atoms with Crippen LogP contribution in [0.25, 0.3) is 0 Å². The minimum Gasteiger partial charge on any atom is -0.444 e. The zero-order chi connectivity index (χ0) is 13.8. The Labute approximate surface area is 111 Å². The fourth-order valence-electron chi connectivity index (χ4n) is 2.43. The van der Waals surface area contributed by atoms with Gasteiger partial charge in [-0.3, -0.25) is 0 Å². The summed E-state index contributed by atoms with van der Waals surface area (Å²) in [6.07, 6.45) is 3.48. The first-order chi connectivity index (χ1) is 8.21. The highest BCUT2D eigenvalue weighted by molar-refractivity contribution is 5.67. The lowest BCUT2D eigenvalue weighted by molar-refractivity contribution is 0.0527. The van der Waals surface area contributed by atoms with Crippen molar-refractivity contribution >= 4 is 6.09 Å². The molecular weight excluding hydrogens is 228 g/mol. The third kappa shape index (κ3) is 5.25. The van der Waals surface area contributed by atoms with E-state index >= 15 is 0 Å². The second kappa shape index (κ2) is 5.91. The van der Waals surface area contributed by atoms with E-state index in [1.165, 1.54) is 19.3 Å². The highest BCUT2D eigenvalue weighted by atomic mass is 16.6. The molecule has 0 aliphatic heterocycles. The van der Waals surface area contributed by atoms with E-state index in [4.69, 9.17) is 4.74 Å². The summed E-state index contributed by atoms with van der Waals surface area (Å²) in [5.74, 6) is 0. The molecule has 1 aliphatic carbocycles. The zero-order valence-corrected chi connectivity index (χ0v) is 12.4. The first kappa shape index (κ1) is 15.3. The minimum absolute atomic E-state index is 0.338. The van der Waals surface area contributed by atoms with E-state index in [1.54, 1.807) is 0 Å². The molecule has 2 N–H and O–H groups in total. The third-order valence-electron chi connectivity index (χ3n) is 3.44. The van der Waals surface area contributed by atoms with Gasteiger partial charge in [0.15, 0.2) is 0 Å². The van der Waals surface area contributed by atoms with Crippen molar-refractivity contribution in [3.8, 4) is 0 Å². The molecule has 0 saturated heterocycles. The van der Waals surface area contributed by atoms with E-state index in [0.717, 1.165) is 6.54 Å². The van der Waals surface area contributed by atoms with Crippen molar-refractivity contribution in [2.75, 3.05) is 13.1 Å².